The van der Waals surface area contributed by atoms with Crippen molar-refractivity contribution in [3.8, 4) is 0 Å². The minimum absolute atomic E-state index is 0.00997. The summed E-state index contributed by atoms with van der Waals surface area (Å²) in [7, 11) is 2.09. The number of hydrogen-bond donors (Lipinski definition) is 1. The van der Waals surface area contributed by atoms with Gasteiger partial charge in [0.25, 0.3) is 0 Å². The smallest absolute Gasteiger partial charge is 0.408 e. The third kappa shape index (κ3) is 3.47. The van der Waals surface area contributed by atoms with Crippen molar-refractivity contribution in [1.29, 1.82) is 0 Å². The van der Waals surface area contributed by atoms with Crippen LogP contribution in [-0.4, -0.2) is 41.6 Å². The summed E-state index contributed by atoms with van der Waals surface area (Å²) in [5.41, 5.74) is 1.29. The van der Waals surface area contributed by atoms with E-state index in [9.17, 15) is 9.59 Å². The highest BCUT2D eigenvalue weighted by Gasteiger charge is 2.21. The summed E-state index contributed by atoms with van der Waals surface area (Å²) in [5, 5.41) is 3.09. The van der Waals surface area contributed by atoms with Gasteiger partial charge in [-0.05, 0) is 52.0 Å². The maximum Gasteiger partial charge on any atom is 0.420 e. The first-order valence-corrected chi connectivity index (χ1v) is 8.12. The average molecular weight is 317 g/mol. The Balaban J connectivity index is 1.66. The molecule has 124 valence electrons. The fourth-order valence-electron chi connectivity index (χ4n) is 3.20. The SMILES string of the molecule is CC(CC(=O)NC1CCN(C)CC1)n1c(=O)oc2ccccc21. The molecule has 0 spiro atoms. The molecule has 1 aromatic heterocycles. The lowest BCUT2D eigenvalue weighted by Crippen LogP contribution is -2.43. The minimum atomic E-state index is -0.411. The number of carbonyl (C=O) groups excluding carboxylic acids is 1. The Labute approximate surface area is 135 Å². The van der Waals surface area contributed by atoms with Gasteiger partial charge in [-0.2, -0.15) is 0 Å². The first-order valence-electron chi connectivity index (χ1n) is 8.12. The van der Waals surface area contributed by atoms with Gasteiger partial charge >= 0.3 is 5.76 Å². The first-order chi connectivity index (χ1) is 11.0. The maximum absolute atomic E-state index is 12.3. The largest absolute Gasteiger partial charge is 0.420 e. The molecular weight excluding hydrogens is 294 g/mol. The number of likely N-dealkylation sites (tertiary alicyclic amines) is 1. The predicted octanol–water partition coefficient (Wildman–Crippen LogP) is 1.76. The lowest BCUT2D eigenvalue weighted by molar-refractivity contribution is -0.122. The first kappa shape index (κ1) is 15.8. The van der Waals surface area contributed by atoms with Crippen LogP contribution in [0.3, 0.4) is 0 Å². The van der Waals surface area contributed by atoms with E-state index in [2.05, 4.69) is 17.3 Å². The molecule has 1 aliphatic rings. The number of piperidine rings is 1. The van der Waals surface area contributed by atoms with Crippen LogP contribution in [0.4, 0.5) is 0 Å². The van der Waals surface area contributed by atoms with Crippen molar-refractivity contribution in [2.75, 3.05) is 20.1 Å². The van der Waals surface area contributed by atoms with Gasteiger partial charge in [-0.3, -0.25) is 9.36 Å². The van der Waals surface area contributed by atoms with E-state index < -0.39 is 5.76 Å². The molecule has 1 atom stereocenters. The van der Waals surface area contributed by atoms with Crippen LogP contribution < -0.4 is 11.1 Å². The van der Waals surface area contributed by atoms with Gasteiger partial charge in [0.05, 0.1) is 5.52 Å². The van der Waals surface area contributed by atoms with Gasteiger partial charge in [0.2, 0.25) is 5.91 Å². The molecule has 1 unspecified atom stereocenters. The summed E-state index contributed by atoms with van der Waals surface area (Å²) in [5.74, 6) is -0.421. The Kier molecular flexibility index (Phi) is 4.52. The van der Waals surface area contributed by atoms with E-state index in [1.165, 1.54) is 0 Å². The molecule has 1 N–H and O–H groups in total. The molecule has 0 bridgehead atoms. The molecular formula is C17H23N3O3. The van der Waals surface area contributed by atoms with Crippen molar-refractivity contribution in [3.63, 3.8) is 0 Å². The third-order valence-electron chi connectivity index (χ3n) is 4.52. The molecule has 2 aromatic rings. The quantitative estimate of drug-likeness (QED) is 0.933. The van der Waals surface area contributed by atoms with E-state index in [4.69, 9.17) is 4.42 Å². The van der Waals surface area contributed by atoms with E-state index in [0.29, 0.717) is 5.58 Å². The Bertz CT molecular complexity index is 741. The lowest BCUT2D eigenvalue weighted by atomic mass is 10.1. The second-order valence-electron chi connectivity index (χ2n) is 6.40. The molecule has 2 heterocycles. The molecule has 23 heavy (non-hydrogen) atoms. The van der Waals surface area contributed by atoms with Crippen molar-refractivity contribution in [1.82, 2.24) is 14.8 Å². The van der Waals surface area contributed by atoms with Gasteiger partial charge in [-0.1, -0.05) is 12.1 Å². The van der Waals surface area contributed by atoms with Crippen LogP contribution in [-0.2, 0) is 4.79 Å². The van der Waals surface area contributed by atoms with E-state index in [1.54, 1.807) is 10.6 Å². The van der Waals surface area contributed by atoms with E-state index in [0.717, 1.165) is 31.4 Å². The molecule has 1 aliphatic heterocycles. The maximum atomic E-state index is 12.3. The van der Waals surface area contributed by atoms with Crippen LogP contribution >= 0.6 is 0 Å². The van der Waals surface area contributed by atoms with Crippen molar-refractivity contribution in [3.05, 3.63) is 34.8 Å². The monoisotopic (exact) mass is 317 g/mol. The summed E-state index contributed by atoms with van der Waals surface area (Å²) < 4.78 is 6.79. The summed E-state index contributed by atoms with van der Waals surface area (Å²) in [4.78, 5) is 26.6. The van der Waals surface area contributed by atoms with Crippen molar-refractivity contribution in [2.45, 2.75) is 38.3 Å². The number of amides is 1. The van der Waals surface area contributed by atoms with Crippen molar-refractivity contribution in [2.24, 2.45) is 0 Å². The molecule has 1 fully saturated rings. The molecule has 0 saturated carbocycles. The lowest BCUT2D eigenvalue weighted by Gasteiger charge is -2.29. The Morgan fingerprint density at radius 1 is 1.35 bits per heavy atom. The van der Waals surface area contributed by atoms with Gasteiger partial charge in [-0.25, -0.2) is 4.79 Å². The third-order valence-corrected chi connectivity index (χ3v) is 4.52. The van der Waals surface area contributed by atoms with E-state index in [1.807, 2.05) is 25.1 Å². The second kappa shape index (κ2) is 6.58. The molecule has 3 rings (SSSR count). The van der Waals surface area contributed by atoms with E-state index in [-0.39, 0.29) is 24.4 Å². The number of carbonyl (C=O) groups is 1. The highest BCUT2D eigenvalue weighted by atomic mass is 16.4. The normalized spacial score (nSPS) is 18.2. The van der Waals surface area contributed by atoms with Crippen molar-refractivity contribution < 1.29 is 9.21 Å². The highest BCUT2D eigenvalue weighted by Crippen LogP contribution is 2.19. The number of nitrogens with one attached hydrogen (secondary N) is 1. The molecule has 6 heteroatoms. The number of aromatic nitrogens is 1. The summed E-state index contributed by atoms with van der Waals surface area (Å²) >= 11 is 0. The molecule has 6 nitrogen and oxygen atoms in total. The number of rotatable bonds is 4. The van der Waals surface area contributed by atoms with Crippen LogP contribution in [0.1, 0.15) is 32.2 Å². The van der Waals surface area contributed by atoms with Gasteiger partial charge < -0.3 is 14.6 Å². The second-order valence-corrected chi connectivity index (χ2v) is 6.40. The fourth-order valence-corrected chi connectivity index (χ4v) is 3.20. The zero-order chi connectivity index (χ0) is 16.4. The number of fused-ring (bicyclic) bond motifs is 1. The van der Waals surface area contributed by atoms with Crippen molar-refractivity contribution >= 4 is 17.0 Å². The summed E-state index contributed by atoms with van der Waals surface area (Å²) in [6.07, 6.45) is 2.23. The van der Waals surface area contributed by atoms with Crippen LogP contribution in [0.25, 0.3) is 11.1 Å². The predicted molar refractivity (Wildman–Crippen MR) is 88.5 cm³/mol. The van der Waals surface area contributed by atoms with Gasteiger partial charge in [0, 0.05) is 18.5 Å². The Hall–Kier alpha value is -2.08. The standard InChI is InChI=1S/C17H23N3O3/c1-12(11-16(21)18-13-7-9-19(2)10-8-13)20-14-5-3-4-6-15(14)23-17(20)22/h3-6,12-13H,7-11H2,1-2H3,(H,18,21). The van der Waals surface area contributed by atoms with E-state index >= 15 is 0 Å². The Morgan fingerprint density at radius 3 is 2.78 bits per heavy atom. The molecule has 0 aliphatic carbocycles. The number of hydrogen-bond acceptors (Lipinski definition) is 4. The fraction of sp³-hybridized carbons (Fsp3) is 0.529. The molecule has 1 saturated heterocycles. The number of benzene rings is 1. The van der Waals surface area contributed by atoms with Crippen LogP contribution in [0.2, 0.25) is 0 Å². The van der Waals surface area contributed by atoms with Crippen LogP contribution in [0, 0.1) is 0 Å². The zero-order valence-corrected chi connectivity index (χ0v) is 13.6. The average Bonchev–Trinajstić information content (AvgIpc) is 2.85. The number of oxazole rings is 1. The summed E-state index contributed by atoms with van der Waals surface area (Å²) in [6.45, 7) is 3.89. The molecule has 1 amide bonds. The van der Waals surface area contributed by atoms with Crippen LogP contribution in [0.15, 0.2) is 33.5 Å². The zero-order valence-electron chi connectivity index (χ0n) is 13.6. The minimum Gasteiger partial charge on any atom is -0.408 e. The van der Waals surface area contributed by atoms with Crippen LogP contribution in [0.5, 0.6) is 0 Å². The highest BCUT2D eigenvalue weighted by molar-refractivity contribution is 5.77. The van der Waals surface area contributed by atoms with Gasteiger partial charge in [0.15, 0.2) is 5.58 Å². The summed E-state index contributed by atoms with van der Waals surface area (Å²) in [6, 6.07) is 7.29. The Morgan fingerprint density at radius 2 is 2.04 bits per heavy atom. The van der Waals surface area contributed by atoms with Gasteiger partial charge in [-0.15, -0.1) is 0 Å². The molecule has 1 aromatic carbocycles. The number of para-hydroxylation sites is 2. The molecule has 0 radical (unpaired) electrons. The van der Waals surface area contributed by atoms with Gasteiger partial charge in [0.1, 0.15) is 0 Å². The number of nitrogens with zero attached hydrogens (tertiary/aromatic N) is 2. The topological polar surface area (TPSA) is 67.5 Å².